The van der Waals surface area contributed by atoms with Gasteiger partial charge in [0.2, 0.25) is 0 Å². The summed E-state index contributed by atoms with van der Waals surface area (Å²) >= 11 is 0. The molecular weight excluding hydrogens is 220 g/mol. The maximum Gasteiger partial charge on any atom is 0.354 e. The number of pyridine rings is 1. The summed E-state index contributed by atoms with van der Waals surface area (Å²) in [6.45, 7) is 0.578. The lowest BCUT2D eigenvalue weighted by Gasteiger charge is -2.03. The topological polar surface area (TPSA) is 80.0 Å². The van der Waals surface area contributed by atoms with Gasteiger partial charge in [-0.05, 0) is 18.2 Å². The van der Waals surface area contributed by atoms with E-state index in [1.165, 1.54) is 12.3 Å². The highest BCUT2D eigenvalue weighted by Crippen LogP contribution is 2.07. The molecule has 17 heavy (non-hydrogen) atoms. The van der Waals surface area contributed by atoms with Crippen molar-refractivity contribution in [3.8, 4) is 0 Å². The molecular formula is C11H12N4O2. The van der Waals surface area contributed by atoms with Gasteiger partial charge in [-0.15, -0.1) is 0 Å². The zero-order valence-corrected chi connectivity index (χ0v) is 9.29. The molecule has 0 aromatic carbocycles. The zero-order valence-electron chi connectivity index (χ0n) is 9.29. The number of nitrogens with zero attached hydrogens (tertiary/aromatic N) is 3. The van der Waals surface area contributed by atoms with Crippen molar-refractivity contribution in [2.75, 3.05) is 5.32 Å². The monoisotopic (exact) mass is 232 g/mol. The Balaban J connectivity index is 1.97. The Bertz CT molecular complexity index is 519. The van der Waals surface area contributed by atoms with E-state index < -0.39 is 5.97 Å². The van der Waals surface area contributed by atoms with Gasteiger partial charge < -0.3 is 10.4 Å². The molecule has 0 amide bonds. The van der Waals surface area contributed by atoms with E-state index >= 15 is 0 Å². The molecule has 0 aliphatic carbocycles. The SMILES string of the molecule is Cn1ccc(CNc2ccc(C(=O)O)nc2)n1. The van der Waals surface area contributed by atoms with Crippen molar-refractivity contribution in [2.45, 2.75) is 6.54 Å². The quantitative estimate of drug-likeness (QED) is 0.825. The van der Waals surface area contributed by atoms with Crippen molar-refractivity contribution in [1.29, 1.82) is 0 Å². The van der Waals surface area contributed by atoms with Crippen LogP contribution in [0.2, 0.25) is 0 Å². The summed E-state index contributed by atoms with van der Waals surface area (Å²) in [6.07, 6.45) is 3.36. The summed E-state index contributed by atoms with van der Waals surface area (Å²) in [6, 6.07) is 5.05. The Kier molecular flexibility index (Phi) is 3.04. The number of carboxylic acid groups (broad SMARTS) is 1. The average molecular weight is 232 g/mol. The molecule has 0 aliphatic rings. The lowest BCUT2D eigenvalue weighted by Crippen LogP contribution is -2.04. The molecule has 6 nitrogen and oxygen atoms in total. The number of aromatic nitrogens is 3. The van der Waals surface area contributed by atoms with Gasteiger partial charge in [0.1, 0.15) is 5.69 Å². The summed E-state index contributed by atoms with van der Waals surface area (Å²) in [5.74, 6) is -1.03. The van der Waals surface area contributed by atoms with Gasteiger partial charge in [0.25, 0.3) is 0 Å². The van der Waals surface area contributed by atoms with Crippen molar-refractivity contribution in [3.63, 3.8) is 0 Å². The highest BCUT2D eigenvalue weighted by atomic mass is 16.4. The molecule has 2 N–H and O–H groups in total. The van der Waals surface area contributed by atoms with E-state index in [1.54, 1.807) is 10.7 Å². The Hall–Kier alpha value is -2.37. The van der Waals surface area contributed by atoms with Gasteiger partial charge in [-0.1, -0.05) is 0 Å². The minimum absolute atomic E-state index is 0.0355. The highest BCUT2D eigenvalue weighted by Gasteiger charge is 2.03. The Morgan fingerprint density at radius 2 is 2.29 bits per heavy atom. The third-order valence-corrected chi connectivity index (χ3v) is 2.23. The molecule has 88 valence electrons. The molecule has 0 saturated heterocycles. The summed E-state index contributed by atoms with van der Waals surface area (Å²) < 4.78 is 1.72. The van der Waals surface area contributed by atoms with E-state index in [4.69, 9.17) is 5.11 Å². The van der Waals surface area contributed by atoms with Crippen molar-refractivity contribution in [2.24, 2.45) is 7.05 Å². The number of aromatic carboxylic acids is 1. The van der Waals surface area contributed by atoms with E-state index in [1.807, 2.05) is 19.3 Å². The predicted octanol–water partition coefficient (Wildman–Crippen LogP) is 1.13. The van der Waals surface area contributed by atoms with Crippen LogP contribution >= 0.6 is 0 Å². The number of hydrogen-bond donors (Lipinski definition) is 2. The van der Waals surface area contributed by atoms with E-state index in [2.05, 4.69) is 15.4 Å². The lowest BCUT2D eigenvalue weighted by atomic mass is 10.3. The van der Waals surface area contributed by atoms with E-state index in [-0.39, 0.29) is 5.69 Å². The Morgan fingerprint density at radius 3 is 2.82 bits per heavy atom. The van der Waals surface area contributed by atoms with Gasteiger partial charge >= 0.3 is 5.97 Å². The molecule has 2 aromatic rings. The van der Waals surface area contributed by atoms with Crippen LogP contribution in [-0.4, -0.2) is 25.8 Å². The van der Waals surface area contributed by atoms with Crippen molar-refractivity contribution < 1.29 is 9.90 Å². The minimum Gasteiger partial charge on any atom is -0.477 e. The fraction of sp³-hybridized carbons (Fsp3) is 0.182. The molecule has 2 heterocycles. The first-order valence-corrected chi connectivity index (χ1v) is 5.07. The van der Waals surface area contributed by atoms with Gasteiger partial charge in [0, 0.05) is 13.2 Å². The number of anilines is 1. The third-order valence-electron chi connectivity index (χ3n) is 2.23. The van der Waals surface area contributed by atoms with Gasteiger partial charge in [-0.2, -0.15) is 5.10 Å². The summed E-state index contributed by atoms with van der Waals surface area (Å²) in [5, 5.41) is 16.0. The van der Waals surface area contributed by atoms with Crippen molar-refractivity contribution in [1.82, 2.24) is 14.8 Å². The minimum atomic E-state index is -1.03. The van der Waals surface area contributed by atoms with Gasteiger partial charge in [-0.3, -0.25) is 4.68 Å². The number of carbonyl (C=O) groups is 1. The second-order valence-corrected chi connectivity index (χ2v) is 3.57. The molecule has 6 heteroatoms. The van der Waals surface area contributed by atoms with Crippen molar-refractivity contribution >= 4 is 11.7 Å². The van der Waals surface area contributed by atoms with Crippen LogP contribution in [0.3, 0.4) is 0 Å². The Morgan fingerprint density at radius 1 is 1.47 bits per heavy atom. The van der Waals surface area contributed by atoms with Crippen LogP contribution < -0.4 is 5.32 Å². The van der Waals surface area contributed by atoms with E-state index in [0.29, 0.717) is 6.54 Å². The third kappa shape index (κ3) is 2.81. The van der Waals surface area contributed by atoms with Crippen LogP contribution in [0.5, 0.6) is 0 Å². The summed E-state index contributed by atoms with van der Waals surface area (Å²) in [4.78, 5) is 14.4. The summed E-state index contributed by atoms with van der Waals surface area (Å²) in [5.41, 5.74) is 1.71. The maximum atomic E-state index is 10.6. The van der Waals surface area contributed by atoms with Crippen LogP contribution in [0.15, 0.2) is 30.6 Å². The number of hydrogen-bond acceptors (Lipinski definition) is 4. The second-order valence-electron chi connectivity index (χ2n) is 3.57. The first kappa shape index (κ1) is 11.1. The van der Waals surface area contributed by atoms with E-state index in [9.17, 15) is 4.79 Å². The normalized spacial score (nSPS) is 10.2. The maximum absolute atomic E-state index is 10.6. The molecule has 0 unspecified atom stereocenters. The number of nitrogens with one attached hydrogen (secondary N) is 1. The molecule has 2 rings (SSSR count). The number of aryl methyl sites for hydroxylation is 1. The lowest BCUT2D eigenvalue weighted by molar-refractivity contribution is 0.0690. The molecule has 0 saturated carbocycles. The van der Waals surface area contributed by atoms with Gasteiger partial charge in [0.15, 0.2) is 0 Å². The van der Waals surface area contributed by atoms with Gasteiger partial charge in [-0.25, -0.2) is 9.78 Å². The van der Waals surface area contributed by atoms with Crippen LogP contribution in [0, 0.1) is 0 Å². The van der Waals surface area contributed by atoms with Crippen molar-refractivity contribution in [3.05, 3.63) is 42.0 Å². The first-order chi connectivity index (χ1) is 8.15. The fourth-order valence-electron chi connectivity index (χ4n) is 1.38. The molecule has 0 aliphatic heterocycles. The largest absolute Gasteiger partial charge is 0.477 e. The molecule has 0 radical (unpaired) electrons. The van der Waals surface area contributed by atoms with E-state index in [0.717, 1.165) is 11.4 Å². The van der Waals surface area contributed by atoms with Crippen LogP contribution in [0.1, 0.15) is 16.2 Å². The number of carboxylic acids is 1. The van der Waals surface area contributed by atoms with Crippen LogP contribution in [-0.2, 0) is 13.6 Å². The zero-order chi connectivity index (χ0) is 12.3. The standard InChI is InChI=1S/C11H12N4O2/c1-15-5-4-9(14-15)7-12-8-2-3-10(11(16)17)13-6-8/h2-6,12H,7H2,1H3,(H,16,17). The molecule has 0 fully saturated rings. The number of rotatable bonds is 4. The smallest absolute Gasteiger partial charge is 0.354 e. The second kappa shape index (κ2) is 4.65. The predicted molar refractivity (Wildman–Crippen MR) is 61.7 cm³/mol. The molecule has 2 aromatic heterocycles. The highest BCUT2D eigenvalue weighted by molar-refractivity contribution is 5.85. The van der Waals surface area contributed by atoms with Crippen LogP contribution in [0.4, 0.5) is 5.69 Å². The Labute approximate surface area is 97.9 Å². The molecule has 0 spiro atoms. The van der Waals surface area contributed by atoms with Gasteiger partial charge in [0.05, 0.1) is 24.1 Å². The first-order valence-electron chi connectivity index (χ1n) is 5.07. The summed E-state index contributed by atoms with van der Waals surface area (Å²) in [7, 11) is 1.85. The van der Waals surface area contributed by atoms with Crippen LogP contribution in [0.25, 0.3) is 0 Å². The average Bonchev–Trinajstić information content (AvgIpc) is 2.73. The fourth-order valence-corrected chi connectivity index (χ4v) is 1.38. The molecule has 0 bridgehead atoms. The molecule has 0 atom stereocenters.